The van der Waals surface area contributed by atoms with E-state index in [2.05, 4.69) is 10.3 Å². The summed E-state index contributed by atoms with van der Waals surface area (Å²) in [5.74, 6) is 0.588. The van der Waals surface area contributed by atoms with Crippen molar-refractivity contribution in [2.75, 3.05) is 12.4 Å². The van der Waals surface area contributed by atoms with Crippen molar-refractivity contribution in [3.8, 4) is 17.0 Å². The lowest BCUT2D eigenvalue weighted by Gasteiger charge is -2.11. The molecule has 3 aromatic rings. The van der Waals surface area contributed by atoms with Gasteiger partial charge in [-0.3, -0.25) is 4.79 Å². The first kappa shape index (κ1) is 15.6. The van der Waals surface area contributed by atoms with E-state index in [1.165, 1.54) is 12.1 Å². The Morgan fingerprint density at radius 3 is 2.60 bits per heavy atom. The molecule has 1 fully saturated rings. The monoisotopic (exact) mass is 336 g/mol. The van der Waals surface area contributed by atoms with Gasteiger partial charge in [0, 0.05) is 28.6 Å². The summed E-state index contributed by atoms with van der Waals surface area (Å²) in [6.07, 6.45) is 1.93. The number of halogens is 1. The Hall–Kier alpha value is -2.95. The second-order valence-corrected chi connectivity index (χ2v) is 6.21. The summed E-state index contributed by atoms with van der Waals surface area (Å²) in [6, 6.07) is 13.6. The second kappa shape index (κ2) is 6.16. The molecule has 1 N–H and O–H groups in total. The quantitative estimate of drug-likeness (QED) is 0.768. The van der Waals surface area contributed by atoms with Gasteiger partial charge in [0.1, 0.15) is 11.6 Å². The van der Waals surface area contributed by atoms with Crippen LogP contribution in [0.25, 0.3) is 22.2 Å². The molecule has 1 saturated carbocycles. The summed E-state index contributed by atoms with van der Waals surface area (Å²) >= 11 is 0. The van der Waals surface area contributed by atoms with Crippen LogP contribution < -0.4 is 10.1 Å². The Bertz CT molecular complexity index is 950. The minimum Gasteiger partial charge on any atom is -0.496 e. The number of amides is 1. The van der Waals surface area contributed by atoms with Crippen LogP contribution in [0, 0.1) is 11.7 Å². The van der Waals surface area contributed by atoms with Gasteiger partial charge in [0.2, 0.25) is 5.91 Å². The second-order valence-electron chi connectivity index (χ2n) is 6.21. The molecule has 5 heteroatoms. The lowest BCUT2D eigenvalue weighted by Crippen LogP contribution is -2.13. The Morgan fingerprint density at radius 1 is 1.16 bits per heavy atom. The molecule has 1 amide bonds. The van der Waals surface area contributed by atoms with Crippen LogP contribution in [0.5, 0.6) is 5.75 Å². The molecule has 25 heavy (non-hydrogen) atoms. The summed E-state index contributed by atoms with van der Waals surface area (Å²) in [7, 11) is 1.60. The smallest absolute Gasteiger partial charge is 0.227 e. The topological polar surface area (TPSA) is 51.2 Å². The number of hydrogen-bond donors (Lipinski definition) is 1. The van der Waals surface area contributed by atoms with E-state index in [4.69, 9.17) is 4.74 Å². The predicted octanol–water partition coefficient (Wildman–Crippen LogP) is 4.40. The maximum atomic E-state index is 13.1. The number of hydrogen-bond acceptors (Lipinski definition) is 3. The van der Waals surface area contributed by atoms with Crippen LogP contribution in [0.4, 0.5) is 10.1 Å². The van der Waals surface area contributed by atoms with Crippen molar-refractivity contribution in [1.29, 1.82) is 0 Å². The summed E-state index contributed by atoms with van der Waals surface area (Å²) in [5.41, 5.74) is 3.01. The lowest BCUT2D eigenvalue weighted by molar-refractivity contribution is -0.117. The average Bonchev–Trinajstić information content (AvgIpc) is 3.46. The summed E-state index contributed by atoms with van der Waals surface area (Å²) in [4.78, 5) is 16.6. The highest BCUT2D eigenvalue weighted by molar-refractivity contribution is 5.97. The molecular weight excluding hydrogens is 319 g/mol. The van der Waals surface area contributed by atoms with Gasteiger partial charge in [0.25, 0.3) is 0 Å². The van der Waals surface area contributed by atoms with Gasteiger partial charge < -0.3 is 10.1 Å². The highest BCUT2D eigenvalue weighted by Crippen LogP contribution is 2.33. The zero-order chi connectivity index (χ0) is 17.4. The zero-order valence-corrected chi connectivity index (χ0v) is 13.8. The van der Waals surface area contributed by atoms with Crippen molar-refractivity contribution < 1.29 is 13.9 Å². The summed E-state index contributed by atoms with van der Waals surface area (Å²) in [5, 5.41) is 3.76. The largest absolute Gasteiger partial charge is 0.496 e. The molecule has 126 valence electrons. The third-order valence-electron chi connectivity index (χ3n) is 4.35. The number of nitrogens with one attached hydrogen (secondary N) is 1. The average molecular weight is 336 g/mol. The minimum absolute atomic E-state index is 0.0641. The Kier molecular flexibility index (Phi) is 3.84. The lowest BCUT2D eigenvalue weighted by atomic mass is 10.1. The third-order valence-corrected chi connectivity index (χ3v) is 4.35. The fourth-order valence-corrected chi connectivity index (χ4v) is 2.80. The Morgan fingerprint density at radius 2 is 1.92 bits per heavy atom. The van der Waals surface area contributed by atoms with Crippen molar-refractivity contribution in [3.05, 3.63) is 54.3 Å². The van der Waals surface area contributed by atoms with E-state index >= 15 is 0 Å². The molecule has 1 aliphatic rings. The minimum atomic E-state index is -0.285. The van der Waals surface area contributed by atoms with Crippen LogP contribution in [0.3, 0.4) is 0 Å². The van der Waals surface area contributed by atoms with Crippen molar-refractivity contribution in [2.45, 2.75) is 12.8 Å². The van der Waals surface area contributed by atoms with E-state index in [1.54, 1.807) is 19.2 Å². The molecule has 0 saturated heterocycles. The standard InChI is InChI=1S/C20H17FN2O2/c1-25-19-11-18(12-4-6-14(21)7-5-12)23-17-9-8-15(10-16(17)19)22-20(24)13-2-3-13/h4-11,13H,2-3H2,1H3,(H,22,24). The van der Waals surface area contributed by atoms with Gasteiger partial charge in [0.05, 0.1) is 18.3 Å². The predicted molar refractivity (Wildman–Crippen MR) is 95.0 cm³/mol. The third kappa shape index (κ3) is 3.18. The highest BCUT2D eigenvalue weighted by Gasteiger charge is 2.29. The first-order chi connectivity index (χ1) is 12.1. The molecule has 4 rings (SSSR count). The van der Waals surface area contributed by atoms with Gasteiger partial charge in [-0.05, 0) is 55.3 Å². The molecular formula is C20H17FN2O2. The zero-order valence-electron chi connectivity index (χ0n) is 13.8. The van der Waals surface area contributed by atoms with Gasteiger partial charge in [-0.1, -0.05) is 0 Å². The maximum absolute atomic E-state index is 13.1. The van der Waals surface area contributed by atoms with Gasteiger partial charge in [-0.2, -0.15) is 0 Å². The number of fused-ring (bicyclic) bond motifs is 1. The van der Waals surface area contributed by atoms with E-state index in [9.17, 15) is 9.18 Å². The summed E-state index contributed by atoms with van der Waals surface area (Å²) < 4.78 is 18.6. The van der Waals surface area contributed by atoms with E-state index in [1.807, 2.05) is 24.3 Å². The molecule has 0 radical (unpaired) electrons. The van der Waals surface area contributed by atoms with Gasteiger partial charge in [-0.15, -0.1) is 0 Å². The van der Waals surface area contributed by atoms with Crippen LogP contribution in [-0.4, -0.2) is 18.0 Å². The first-order valence-corrected chi connectivity index (χ1v) is 8.19. The van der Waals surface area contributed by atoms with Crippen LogP contribution in [0.15, 0.2) is 48.5 Å². The van der Waals surface area contributed by atoms with Crippen molar-refractivity contribution in [3.63, 3.8) is 0 Å². The molecule has 0 atom stereocenters. The van der Waals surface area contributed by atoms with Crippen molar-refractivity contribution >= 4 is 22.5 Å². The van der Waals surface area contributed by atoms with E-state index in [0.29, 0.717) is 11.4 Å². The molecule has 1 heterocycles. The van der Waals surface area contributed by atoms with Crippen LogP contribution in [0.1, 0.15) is 12.8 Å². The SMILES string of the molecule is COc1cc(-c2ccc(F)cc2)nc2ccc(NC(=O)C3CC3)cc12. The number of anilines is 1. The summed E-state index contributed by atoms with van der Waals surface area (Å²) in [6.45, 7) is 0. The van der Waals surface area contributed by atoms with Gasteiger partial charge in [-0.25, -0.2) is 9.37 Å². The van der Waals surface area contributed by atoms with Crippen LogP contribution in [-0.2, 0) is 4.79 Å². The number of methoxy groups -OCH3 is 1. The molecule has 2 aromatic carbocycles. The molecule has 4 nitrogen and oxygen atoms in total. The van der Waals surface area contributed by atoms with E-state index < -0.39 is 0 Å². The van der Waals surface area contributed by atoms with Crippen molar-refractivity contribution in [2.24, 2.45) is 5.92 Å². The number of aromatic nitrogens is 1. The fraction of sp³-hybridized carbons (Fsp3) is 0.200. The number of carbonyl (C=O) groups is 1. The molecule has 0 aliphatic heterocycles. The number of ether oxygens (including phenoxy) is 1. The van der Waals surface area contributed by atoms with Gasteiger partial charge >= 0.3 is 0 Å². The van der Waals surface area contributed by atoms with E-state index in [-0.39, 0.29) is 17.6 Å². The van der Waals surface area contributed by atoms with Crippen molar-refractivity contribution in [1.82, 2.24) is 4.98 Å². The van der Waals surface area contributed by atoms with E-state index in [0.717, 1.165) is 35.0 Å². The number of benzene rings is 2. The molecule has 0 unspecified atom stereocenters. The van der Waals surface area contributed by atoms with Crippen LogP contribution in [0.2, 0.25) is 0 Å². The maximum Gasteiger partial charge on any atom is 0.227 e. The normalized spacial score (nSPS) is 13.7. The molecule has 0 spiro atoms. The van der Waals surface area contributed by atoms with Crippen LogP contribution >= 0.6 is 0 Å². The Labute approximate surface area is 144 Å². The number of rotatable bonds is 4. The molecule has 1 aliphatic carbocycles. The fourth-order valence-electron chi connectivity index (χ4n) is 2.80. The number of nitrogens with zero attached hydrogens (tertiary/aromatic N) is 1. The van der Waals surface area contributed by atoms with Gasteiger partial charge in [0.15, 0.2) is 0 Å². The Balaban J connectivity index is 1.74. The molecule has 0 bridgehead atoms. The number of pyridine rings is 1. The molecule has 1 aromatic heterocycles. The number of carbonyl (C=O) groups excluding carboxylic acids is 1. The first-order valence-electron chi connectivity index (χ1n) is 8.19. The highest BCUT2D eigenvalue weighted by atomic mass is 19.1.